The van der Waals surface area contributed by atoms with Crippen molar-refractivity contribution >= 4 is 27.5 Å². The summed E-state index contributed by atoms with van der Waals surface area (Å²) in [6.07, 6.45) is 2.06. The van der Waals surface area contributed by atoms with Crippen molar-refractivity contribution < 1.29 is 27.5 Å². The van der Waals surface area contributed by atoms with E-state index in [0.717, 1.165) is 22.7 Å². The molecule has 0 unspecified atom stereocenters. The van der Waals surface area contributed by atoms with Gasteiger partial charge in [0, 0.05) is 13.1 Å². The van der Waals surface area contributed by atoms with E-state index in [1.165, 1.54) is 17.0 Å². The molecule has 0 aromatic heterocycles. The highest BCUT2D eigenvalue weighted by Crippen LogP contribution is 2.29. The number of sulfonamides is 1. The van der Waals surface area contributed by atoms with Crippen LogP contribution in [0.15, 0.2) is 114 Å². The zero-order valence-corrected chi connectivity index (χ0v) is 27.3. The molecular weight excluding hydrogens is 602 g/mol. The number of rotatable bonds is 16. The molecule has 4 rings (SSSR count). The molecule has 0 aliphatic rings. The molecule has 0 bridgehead atoms. The molecule has 46 heavy (non-hydrogen) atoms. The number of benzene rings is 4. The van der Waals surface area contributed by atoms with E-state index in [2.05, 4.69) is 5.32 Å². The zero-order chi connectivity index (χ0) is 32.9. The first-order valence-electron chi connectivity index (χ1n) is 15.4. The number of carbonyl (C=O) groups is 2. The van der Waals surface area contributed by atoms with E-state index in [1.807, 2.05) is 56.3 Å². The van der Waals surface area contributed by atoms with Gasteiger partial charge in [-0.2, -0.15) is 0 Å². The third-order valence-corrected chi connectivity index (χ3v) is 9.23. The van der Waals surface area contributed by atoms with Crippen molar-refractivity contribution in [2.24, 2.45) is 0 Å². The van der Waals surface area contributed by atoms with Gasteiger partial charge in [0.15, 0.2) is 0 Å². The number of para-hydroxylation sites is 1. The summed E-state index contributed by atoms with van der Waals surface area (Å²) in [4.78, 5) is 29.1. The normalized spacial score (nSPS) is 11.7. The molecule has 10 heteroatoms. The fourth-order valence-corrected chi connectivity index (χ4v) is 6.34. The SMILES string of the molecule is CCCCNC(=O)[C@@H](CC)N(Cc1ccc(OC)cc1)C(=O)CN(c1ccc(Oc2ccccc2)cc1)S(=O)(=O)c1ccccc1. The summed E-state index contributed by atoms with van der Waals surface area (Å²) in [6, 6.07) is 30.1. The lowest BCUT2D eigenvalue weighted by Gasteiger charge is -2.33. The summed E-state index contributed by atoms with van der Waals surface area (Å²) < 4.78 is 40.4. The predicted octanol–water partition coefficient (Wildman–Crippen LogP) is 6.41. The number of amides is 2. The summed E-state index contributed by atoms with van der Waals surface area (Å²) in [5.74, 6) is 1.01. The van der Waals surface area contributed by atoms with Gasteiger partial charge in [-0.15, -0.1) is 0 Å². The van der Waals surface area contributed by atoms with E-state index >= 15 is 0 Å². The lowest BCUT2D eigenvalue weighted by atomic mass is 10.1. The highest BCUT2D eigenvalue weighted by molar-refractivity contribution is 7.92. The van der Waals surface area contributed by atoms with E-state index in [9.17, 15) is 18.0 Å². The van der Waals surface area contributed by atoms with Crippen molar-refractivity contribution in [1.82, 2.24) is 10.2 Å². The highest BCUT2D eigenvalue weighted by Gasteiger charge is 2.33. The lowest BCUT2D eigenvalue weighted by Crippen LogP contribution is -2.52. The number of carbonyl (C=O) groups excluding carboxylic acids is 2. The van der Waals surface area contributed by atoms with Crippen LogP contribution >= 0.6 is 0 Å². The topological polar surface area (TPSA) is 105 Å². The number of hydrogen-bond donors (Lipinski definition) is 1. The number of ether oxygens (including phenoxy) is 2. The number of unbranched alkanes of at least 4 members (excludes halogenated alkanes) is 1. The second-order valence-corrected chi connectivity index (χ2v) is 12.5. The van der Waals surface area contributed by atoms with Crippen LogP contribution < -0.4 is 19.1 Å². The molecule has 0 radical (unpaired) electrons. The van der Waals surface area contributed by atoms with E-state index in [4.69, 9.17) is 9.47 Å². The average Bonchev–Trinajstić information content (AvgIpc) is 3.08. The van der Waals surface area contributed by atoms with Gasteiger partial charge < -0.3 is 19.7 Å². The number of methoxy groups -OCH3 is 1. The maximum absolute atomic E-state index is 14.3. The Bertz CT molecular complexity index is 1650. The van der Waals surface area contributed by atoms with Crippen molar-refractivity contribution in [1.29, 1.82) is 0 Å². The fraction of sp³-hybridized carbons (Fsp3) is 0.278. The quantitative estimate of drug-likeness (QED) is 0.142. The van der Waals surface area contributed by atoms with Gasteiger partial charge in [0.05, 0.1) is 17.7 Å². The summed E-state index contributed by atoms with van der Waals surface area (Å²) >= 11 is 0. The molecule has 4 aromatic carbocycles. The van der Waals surface area contributed by atoms with Crippen molar-refractivity contribution in [3.63, 3.8) is 0 Å². The van der Waals surface area contributed by atoms with Crippen LogP contribution in [-0.4, -0.2) is 51.4 Å². The Labute approximate surface area is 271 Å². The van der Waals surface area contributed by atoms with Crippen LogP contribution in [0.5, 0.6) is 17.2 Å². The van der Waals surface area contributed by atoms with E-state index in [0.29, 0.717) is 30.2 Å². The predicted molar refractivity (Wildman–Crippen MR) is 179 cm³/mol. The molecule has 2 amide bonds. The third kappa shape index (κ3) is 8.88. The van der Waals surface area contributed by atoms with Gasteiger partial charge in [-0.3, -0.25) is 13.9 Å². The van der Waals surface area contributed by atoms with Crippen molar-refractivity contribution in [3.8, 4) is 17.2 Å². The maximum Gasteiger partial charge on any atom is 0.264 e. The Morgan fingerprint density at radius 3 is 1.96 bits per heavy atom. The van der Waals surface area contributed by atoms with Crippen LogP contribution in [0.25, 0.3) is 0 Å². The smallest absolute Gasteiger partial charge is 0.264 e. The summed E-state index contributed by atoms with van der Waals surface area (Å²) in [6.45, 7) is 3.94. The molecule has 242 valence electrons. The van der Waals surface area contributed by atoms with Gasteiger partial charge in [-0.1, -0.05) is 68.8 Å². The standard InChI is InChI=1S/C36H41N3O6S/c1-4-6-25-37-36(41)34(5-2)38(26-28-17-21-30(44-3)22-18-28)35(40)27-39(46(42,43)33-15-11-8-12-16-33)29-19-23-32(24-20-29)45-31-13-9-7-10-14-31/h7-24,34H,4-6,25-27H2,1-3H3,(H,37,41)/t34-/m1/s1. The third-order valence-electron chi connectivity index (χ3n) is 7.44. The molecule has 0 fully saturated rings. The van der Waals surface area contributed by atoms with Gasteiger partial charge in [0.25, 0.3) is 10.0 Å². The minimum absolute atomic E-state index is 0.0402. The number of anilines is 1. The summed E-state index contributed by atoms with van der Waals surface area (Å²) in [5, 5.41) is 2.94. The molecular formula is C36H41N3O6S. The van der Waals surface area contributed by atoms with Crippen molar-refractivity contribution in [2.45, 2.75) is 50.6 Å². The Kier molecular flexibility index (Phi) is 12.2. The average molecular weight is 644 g/mol. The minimum Gasteiger partial charge on any atom is -0.497 e. The molecule has 0 heterocycles. The largest absolute Gasteiger partial charge is 0.497 e. The van der Waals surface area contributed by atoms with Crippen LogP contribution in [0.3, 0.4) is 0 Å². The Balaban J connectivity index is 1.69. The van der Waals surface area contributed by atoms with Crippen molar-refractivity contribution in [2.75, 3.05) is 24.5 Å². The van der Waals surface area contributed by atoms with Gasteiger partial charge in [-0.05, 0) is 79.1 Å². The van der Waals surface area contributed by atoms with Gasteiger partial charge in [-0.25, -0.2) is 8.42 Å². The molecule has 0 saturated heterocycles. The fourth-order valence-electron chi connectivity index (χ4n) is 4.91. The molecule has 1 atom stereocenters. The molecule has 0 saturated carbocycles. The lowest BCUT2D eigenvalue weighted by molar-refractivity contribution is -0.140. The molecule has 0 aliphatic carbocycles. The number of hydrogen-bond acceptors (Lipinski definition) is 6. The molecule has 0 aliphatic heterocycles. The molecule has 1 N–H and O–H groups in total. The highest BCUT2D eigenvalue weighted by atomic mass is 32.2. The first kappa shape index (κ1) is 34.1. The van der Waals surface area contributed by atoms with Crippen molar-refractivity contribution in [3.05, 3.63) is 115 Å². The van der Waals surface area contributed by atoms with Crippen LogP contribution in [0, 0.1) is 0 Å². The summed E-state index contributed by atoms with van der Waals surface area (Å²) in [5.41, 5.74) is 1.05. The van der Waals surface area contributed by atoms with Gasteiger partial charge >= 0.3 is 0 Å². The monoisotopic (exact) mass is 643 g/mol. The van der Waals surface area contributed by atoms with E-state index < -0.39 is 28.5 Å². The number of nitrogens with zero attached hydrogens (tertiary/aromatic N) is 2. The zero-order valence-electron chi connectivity index (χ0n) is 26.5. The number of nitrogens with one attached hydrogen (secondary N) is 1. The van der Waals surface area contributed by atoms with Crippen LogP contribution in [0.2, 0.25) is 0 Å². The first-order chi connectivity index (χ1) is 22.3. The van der Waals surface area contributed by atoms with E-state index in [1.54, 1.807) is 61.7 Å². The second kappa shape index (κ2) is 16.5. The first-order valence-corrected chi connectivity index (χ1v) is 16.8. The molecule has 4 aromatic rings. The summed E-state index contributed by atoms with van der Waals surface area (Å²) in [7, 11) is -2.61. The van der Waals surface area contributed by atoms with Gasteiger partial charge in [0.2, 0.25) is 11.8 Å². The van der Waals surface area contributed by atoms with E-state index in [-0.39, 0.29) is 23.0 Å². The van der Waals surface area contributed by atoms with Crippen LogP contribution in [0.1, 0.15) is 38.7 Å². The Morgan fingerprint density at radius 1 is 0.783 bits per heavy atom. The molecule has 9 nitrogen and oxygen atoms in total. The van der Waals surface area contributed by atoms with Crippen LogP contribution in [-0.2, 0) is 26.2 Å². The Hall–Kier alpha value is -4.83. The minimum atomic E-state index is -4.18. The maximum atomic E-state index is 14.3. The molecule has 0 spiro atoms. The van der Waals surface area contributed by atoms with Crippen LogP contribution in [0.4, 0.5) is 5.69 Å². The second-order valence-electron chi connectivity index (χ2n) is 10.7. The Morgan fingerprint density at radius 2 is 1.37 bits per heavy atom. The van der Waals surface area contributed by atoms with Gasteiger partial charge in [0.1, 0.15) is 29.8 Å².